The molecule has 0 amide bonds. The summed E-state index contributed by atoms with van der Waals surface area (Å²) in [4.78, 5) is 0. The van der Waals surface area contributed by atoms with E-state index in [2.05, 4.69) is 38.1 Å². The van der Waals surface area contributed by atoms with Crippen molar-refractivity contribution in [2.75, 3.05) is 0 Å². The van der Waals surface area contributed by atoms with E-state index in [1.807, 2.05) is 0 Å². The minimum absolute atomic E-state index is 0.332. The fourth-order valence-electron chi connectivity index (χ4n) is 2.49. The van der Waals surface area contributed by atoms with Gasteiger partial charge in [-0.1, -0.05) is 81.7 Å². The van der Waals surface area contributed by atoms with Gasteiger partial charge < -0.3 is 5.73 Å². The van der Waals surface area contributed by atoms with Gasteiger partial charge in [0.15, 0.2) is 0 Å². The Balaban J connectivity index is 2.04. The fourth-order valence-corrected chi connectivity index (χ4v) is 2.49. The Morgan fingerprint density at radius 1 is 0.895 bits per heavy atom. The molecule has 0 fully saturated rings. The average Bonchev–Trinajstić information content (AvgIpc) is 2.40. The second kappa shape index (κ2) is 10.0. The average molecular weight is 261 g/mol. The van der Waals surface area contributed by atoms with Gasteiger partial charge >= 0.3 is 0 Å². The molecule has 1 atom stereocenters. The highest BCUT2D eigenvalue weighted by Crippen LogP contribution is 2.12. The standard InChI is InChI=1S/C18H31N/c1-3-4-5-6-7-8-9-10-18(19)15-17-13-11-16(2)12-14-17/h11-14,18H,3-10,15,19H2,1-2H3. The third kappa shape index (κ3) is 8.05. The third-order valence-electron chi connectivity index (χ3n) is 3.80. The molecule has 0 aromatic heterocycles. The summed E-state index contributed by atoms with van der Waals surface area (Å²) in [6.07, 6.45) is 11.8. The van der Waals surface area contributed by atoms with Crippen molar-refractivity contribution in [3.8, 4) is 0 Å². The van der Waals surface area contributed by atoms with Gasteiger partial charge in [0.2, 0.25) is 0 Å². The van der Waals surface area contributed by atoms with Gasteiger partial charge in [0.05, 0.1) is 0 Å². The molecule has 1 unspecified atom stereocenters. The molecule has 0 aliphatic heterocycles. The first-order chi connectivity index (χ1) is 9.22. The normalized spacial score (nSPS) is 12.6. The van der Waals surface area contributed by atoms with Crippen LogP contribution in [0.25, 0.3) is 0 Å². The van der Waals surface area contributed by atoms with Crippen LogP contribution in [0.15, 0.2) is 24.3 Å². The van der Waals surface area contributed by atoms with Gasteiger partial charge in [-0.25, -0.2) is 0 Å². The summed E-state index contributed by atoms with van der Waals surface area (Å²) in [6, 6.07) is 9.10. The minimum Gasteiger partial charge on any atom is -0.327 e. The first-order valence-corrected chi connectivity index (χ1v) is 8.03. The maximum Gasteiger partial charge on any atom is 0.00793 e. The Morgan fingerprint density at radius 3 is 2.11 bits per heavy atom. The largest absolute Gasteiger partial charge is 0.327 e. The second-order valence-electron chi connectivity index (χ2n) is 5.86. The van der Waals surface area contributed by atoms with E-state index in [0.29, 0.717) is 6.04 Å². The molecule has 0 spiro atoms. The molecule has 0 bridgehead atoms. The molecule has 0 heterocycles. The Hall–Kier alpha value is -0.820. The van der Waals surface area contributed by atoms with Crippen molar-refractivity contribution in [1.82, 2.24) is 0 Å². The van der Waals surface area contributed by atoms with Crippen molar-refractivity contribution in [3.63, 3.8) is 0 Å². The molecule has 0 aliphatic carbocycles. The van der Waals surface area contributed by atoms with E-state index in [9.17, 15) is 0 Å². The van der Waals surface area contributed by atoms with Gasteiger partial charge in [-0.15, -0.1) is 0 Å². The van der Waals surface area contributed by atoms with Gasteiger partial charge in [-0.2, -0.15) is 0 Å². The van der Waals surface area contributed by atoms with E-state index in [4.69, 9.17) is 5.73 Å². The summed E-state index contributed by atoms with van der Waals surface area (Å²) in [5.74, 6) is 0. The fraction of sp³-hybridized carbons (Fsp3) is 0.667. The molecular weight excluding hydrogens is 230 g/mol. The Morgan fingerprint density at radius 2 is 1.47 bits per heavy atom. The molecule has 108 valence electrons. The summed E-state index contributed by atoms with van der Waals surface area (Å²) >= 11 is 0. The first-order valence-electron chi connectivity index (χ1n) is 8.03. The molecule has 0 radical (unpaired) electrons. The molecule has 19 heavy (non-hydrogen) atoms. The maximum atomic E-state index is 6.21. The van der Waals surface area contributed by atoms with E-state index in [1.165, 1.54) is 62.5 Å². The minimum atomic E-state index is 0.332. The summed E-state index contributed by atoms with van der Waals surface area (Å²) < 4.78 is 0. The molecule has 0 saturated heterocycles. The quantitative estimate of drug-likeness (QED) is 0.589. The molecule has 2 N–H and O–H groups in total. The lowest BCUT2D eigenvalue weighted by Gasteiger charge is -2.11. The van der Waals surface area contributed by atoms with Crippen LogP contribution in [-0.2, 0) is 6.42 Å². The van der Waals surface area contributed by atoms with Crippen molar-refractivity contribution in [2.24, 2.45) is 5.73 Å². The van der Waals surface area contributed by atoms with Crippen LogP contribution >= 0.6 is 0 Å². The van der Waals surface area contributed by atoms with E-state index in [0.717, 1.165) is 6.42 Å². The first kappa shape index (κ1) is 16.2. The van der Waals surface area contributed by atoms with Crippen LogP contribution in [0, 0.1) is 6.92 Å². The smallest absolute Gasteiger partial charge is 0.00793 e. The maximum absolute atomic E-state index is 6.21. The summed E-state index contributed by atoms with van der Waals surface area (Å²) in [6.45, 7) is 4.40. The van der Waals surface area contributed by atoms with E-state index >= 15 is 0 Å². The number of hydrogen-bond acceptors (Lipinski definition) is 1. The molecule has 0 aliphatic rings. The number of nitrogens with two attached hydrogens (primary N) is 1. The van der Waals surface area contributed by atoms with Gasteiger partial charge in [0, 0.05) is 6.04 Å². The van der Waals surface area contributed by atoms with Crippen molar-refractivity contribution >= 4 is 0 Å². The molecule has 0 saturated carbocycles. The highest BCUT2D eigenvalue weighted by atomic mass is 14.6. The van der Waals surface area contributed by atoms with Crippen LogP contribution in [0.3, 0.4) is 0 Å². The lowest BCUT2D eigenvalue weighted by molar-refractivity contribution is 0.528. The lowest BCUT2D eigenvalue weighted by Crippen LogP contribution is -2.22. The van der Waals surface area contributed by atoms with E-state index < -0.39 is 0 Å². The molecule has 1 heteroatoms. The predicted molar refractivity (Wildman–Crippen MR) is 85.5 cm³/mol. The zero-order valence-corrected chi connectivity index (χ0v) is 12.8. The SMILES string of the molecule is CCCCCCCCCC(N)Cc1ccc(C)cc1. The van der Waals surface area contributed by atoms with Crippen molar-refractivity contribution in [3.05, 3.63) is 35.4 Å². The van der Waals surface area contributed by atoms with E-state index in [1.54, 1.807) is 0 Å². The third-order valence-corrected chi connectivity index (χ3v) is 3.80. The van der Waals surface area contributed by atoms with Crippen LogP contribution in [0.5, 0.6) is 0 Å². The van der Waals surface area contributed by atoms with Crippen molar-refractivity contribution < 1.29 is 0 Å². The second-order valence-corrected chi connectivity index (χ2v) is 5.86. The van der Waals surface area contributed by atoms with Crippen molar-refractivity contribution in [1.29, 1.82) is 0 Å². The topological polar surface area (TPSA) is 26.0 Å². The molecule has 1 rings (SSSR count). The molecule has 1 aromatic carbocycles. The van der Waals surface area contributed by atoms with Crippen LogP contribution in [0.4, 0.5) is 0 Å². The Bertz CT molecular complexity index is 315. The number of rotatable bonds is 10. The molecule has 1 nitrogen and oxygen atoms in total. The molecular formula is C18H31N. The number of unbranched alkanes of at least 4 members (excludes halogenated alkanes) is 6. The van der Waals surface area contributed by atoms with Gasteiger partial charge in [-0.3, -0.25) is 0 Å². The monoisotopic (exact) mass is 261 g/mol. The van der Waals surface area contributed by atoms with Crippen molar-refractivity contribution in [2.45, 2.75) is 77.7 Å². The Labute approximate surface area is 119 Å². The zero-order valence-electron chi connectivity index (χ0n) is 12.8. The Kier molecular flexibility index (Phi) is 8.57. The van der Waals surface area contributed by atoms with Crippen LogP contribution in [0.2, 0.25) is 0 Å². The van der Waals surface area contributed by atoms with Crippen LogP contribution < -0.4 is 5.73 Å². The predicted octanol–water partition coefficient (Wildman–Crippen LogP) is 5.01. The molecule has 1 aromatic rings. The highest BCUT2D eigenvalue weighted by molar-refractivity contribution is 5.21. The van der Waals surface area contributed by atoms with Gasteiger partial charge in [0.25, 0.3) is 0 Å². The number of benzene rings is 1. The zero-order chi connectivity index (χ0) is 13.9. The summed E-state index contributed by atoms with van der Waals surface area (Å²) in [5, 5.41) is 0. The van der Waals surface area contributed by atoms with Crippen LogP contribution in [-0.4, -0.2) is 6.04 Å². The van der Waals surface area contributed by atoms with E-state index in [-0.39, 0.29) is 0 Å². The van der Waals surface area contributed by atoms with Gasteiger partial charge in [0.1, 0.15) is 0 Å². The van der Waals surface area contributed by atoms with Gasteiger partial charge in [-0.05, 0) is 25.3 Å². The lowest BCUT2D eigenvalue weighted by atomic mass is 9.99. The number of aryl methyl sites for hydroxylation is 1. The highest BCUT2D eigenvalue weighted by Gasteiger charge is 2.03. The summed E-state index contributed by atoms with van der Waals surface area (Å²) in [5.41, 5.74) is 8.91. The summed E-state index contributed by atoms with van der Waals surface area (Å²) in [7, 11) is 0. The van der Waals surface area contributed by atoms with Crippen LogP contribution in [0.1, 0.15) is 69.4 Å². The number of hydrogen-bond donors (Lipinski definition) is 1.